The van der Waals surface area contributed by atoms with Gasteiger partial charge in [-0.2, -0.15) is 4.39 Å². The number of benzene rings is 2. The highest BCUT2D eigenvalue weighted by Crippen LogP contribution is 2.18. The molecule has 120 valence electrons. The zero-order valence-corrected chi connectivity index (χ0v) is 12.4. The first-order valence-electron chi connectivity index (χ1n) is 6.89. The maximum atomic E-state index is 13.2. The first-order chi connectivity index (χ1) is 11.0. The lowest BCUT2D eigenvalue weighted by Crippen LogP contribution is -2.28. The summed E-state index contributed by atoms with van der Waals surface area (Å²) in [6, 6.07) is 10.5. The van der Waals surface area contributed by atoms with Crippen molar-refractivity contribution < 1.29 is 18.8 Å². The molecule has 0 unspecified atom stereocenters. The van der Waals surface area contributed by atoms with Crippen molar-refractivity contribution >= 4 is 11.6 Å². The average molecular weight is 318 g/mol. The second kappa shape index (κ2) is 7.35. The van der Waals surface area contributed by atoms with Gasteiger partial charge in [0.1, 0.15) is 12.4 Å². The molecule has 2 aromatic carbocycles. The van der Waals surface area contributed by atoms with E-state index < -0.39 is 22.3 Å². The SMILES string of the molecule is Cc1ccc(OCCNC(=O)c2ccc(F)c([N+](=O)[O-])c2)cc1. The number of ether oxygens (including phenoxy) is 1. The molecule has 0 radical (unpaired) electrons. The average Bonchev–Trinajstić information content (AvgIpc) is 2.53. The molecule has 0 aliphatic carbocycles. The van der Waals surface area contributed by atoms with Crippen molar-refractivity contribution in [1.29, 1.82) is 0 Å². The Morgan fingerprint density at radius 1 is 1.26 bits per heavy atom. The van der Waals surface area contributed by atoms with Crippen LogP contribution in [-0.4, -0.2) is 24.0 Å². The molecular formula is C16H15FN2O4. The fourth-order valence-electron chi connectivity index (χ4n) is 1.86. The maximum Gasteiger partial charge on any atom is 0.305 e. The molecule has 2 rings (SSSR count). The van der Waals surface area contributed by atoms with Crippen molar-refractivity contribution in [2.45, 2.75) is 6.92 Å². The fraction of sp³-hybridized carbons (Fsp3) is 0.188. The third-order valence-electron chi connectivity index (χ3n) is 3.08. The van der Waals surface area contributed by atoms with Crippen molar-refractivity contribution in [3.63, 3.8) is 0 Å². The Morgan fingerprint density at radius 3 is 2.61 bits per heavy atom. The van der Waals surface area contributed by atoms with Gasteiger partial charge in [-0.15, -0.1) is 0 Å². The summed E-state index contributed by atoms with van der Waals surface area (Å²) in [4.78, 5) is 21.7. The topological polar surface area (TPSA) is 81.5 Å². The maximum absolute atomic E-state index is 13.2. The van der Waals surface area contributed by atoms with E-state index >= 15 is 0 Å². The van der Waals surface area contributed by atoms with Crippen molar-refractivity contribution in [2.75, 3.05) is 13.2 Å². The van der Waals surface area contributed by atoms with E-state index in [1.165, 1.54) is 6.07 Å². The number of halogens is 1. The van der Waals surface area contributed by atoms with Gasteiger partial charge in [0.05, 0.1) is 11.5 Å². The molecule has 0 spiro atoms. The molecule has 0 saturated carbocycles. The molecule has 7 heteroatoms. The minimum Gasteiger partial charge on any atom is -0.492 e. The predicted molar refractivity (Wildman–Crippen MR) is 82.1 cm³/mol. The molecule has 0 atom stereocenters. The lowest BCUT2D eigenvalue weighted by Gasteiger charge is -2.08. The quantitative estimate of drug-likeness (QED) is 0.504. The van der Waals surface area contributed by atoms with Gasteiger partial charge in [-0.25, -0.2) is 0 Å². The summed E-state index contributed by atoms with van der Waals surface area (Å²) in [5.41, 5.74) is 0.408. The van der Waals surface area contributed by atoms with Gasteiger partial charge in [-0.3, -0.25) is 14.9 Å². The first-order valence-corrected chi connectivity index (χ1v) is 6.89. The molecule has 2 aromatic rings. The standard InChI is InChI=1S/C16H15FN2O4/c1-11-2-5-13(6-3-11)23-9-8-18-16(20)12-4-7-14(17)15(10-12)19(21)22/h2-7,10H,8-9H2,1H3,(H,18,20). The van der Waals surface area contributed by atoms with E-state index in [1.54, 1.807) is 0 Å². The molecule has 0 aliphatic heterocycles. The van der Waals surface area contributed by atoms with Crippen LogP contribution >= 0.6 is 0 Å². The minimum absolute atomic E-state index is 0.0217. The lowest BCUT2D eigenvalue weighted by molar-refractivity contribution is -0.387. The van der Waals surface area contributed by atoms with Crippen LogP contribution in [0.15, 0.2) is 42.5 Å². The zero-order chi connectivity index (χ0) is 16.8. The Kier molecular flexibility index (Phi) is 5.24. The Morgan fingerprint density at radius 2 is 1.96 bits per heavy atom. The van der Waals surface area contributed by atoms with Crippen LogP contribution in [0, 0.1) is 22.9 Å². The van der Waals surface area contributed by atoms with Gasteiger partial charge in [-0.05, 0) is 31.2 Å². The summed E-state index contributed by atoms with van der Waals surface area (Å²) in [7, 11) is 0. The smallest absolute Gasteiger partial charge is 0.305 e. The summed E-state index contributed by atoms with van der Waals surface area (Å²) in [6.07, 6.45) is 0. The predicted octanol–water partition coefficient (Wildman–Crippen LogP) is 2.85. The first kappa shape index (κ1) is 16.4. The minimum atomic E-state index is -0.978. The Labute approximate surface area is 132 Å². The molecule has 23 heavy (non-hydrogen) atoms. The Balaban J connectivity index is 1.86. The summed E-state index contributed by atoms with van der Waals surface area (Å²) in [6.45, 7) is 2.43. The van der Waals surface area contributed by atoms with E-state index in [2.05, 4.69) is 5.32 Å². The van der Waals surface area contributed by atoms with Gasteiger partial charge < -0.3 is 10.1 Å². The number of nitrogens with one attached hydrogen (secondary N) is 1. The number of nitro groups is 1. The highest BCUT2D eigenvalue weighted by molar-refractivity contribution is 5.94. The van der Waals surface area contributed by atoms with Crippen LogP contribution in [0.4, 0.5) is 10.1 Å². The zero-order valence-electron chi connectivity index (χ0n) is 12.4. The van der Waals surface area contributed by atoms with Gasteiger partial charge in [0.15, 0.2) is 0 Å². The molecular weight excluding hydrogens is 303 g/mol. The highest BCUT2D eigenvalue weighted by atomic mass is 19.1. The normalized spacial score (nSPS) is 10.2. The van der Waals surface area contributed by atoms with E-state index in [0.29, 0.717) is 5.75 Å². The fourth-order valence-corrected chi connectivity index (χ4v) is 1.86. The third kappa shape index (κ3) is 4.50. The van der Waals surface area contributed by atoms with Gasteiger partial charge in [0.25, 0.3) is 5.91 Å². The molecule has 1 amide bonds. The lowest BCUT2D eigenvalue weighted by atomic mass is 10.2. The van der Waals surface area contributed by atoms with Crippen LogP contribution in [0.5, 0.6) is 5.75 Å². The van der Waals surface area contributed by atoms with E-state index in [1.807, 2.05) is 31.2 Å². The van der Waals surface area contributed by atoms with E-state index in [9.17, 15) is 19.3 Å². The van der Waals surface area contributed by atoms with Crippen LogP contribution in [0.2, 0.25) is 0 Å². The number of hydrogen-bond acceptors (Lipinski definition) is 4. The van der Waals surface area contributed by atoms with Crippen LogP contribution in [0.1, 0.15) is 15.9 Å². The number of hydrogen-bond donors (Lipinski definition) is 1. The summed E-state index contributed by atoms with van der Waals surface area (Å²) in [5, 5.41) is 13.2. The Bertz CT molecular complexity index is 717. The molecule has 6 nitrogen and oxygen atoms in total. The van der Waals surface area contributed by atoms with Crippen LogP contribution < -0.4 is 10.1 Å². The van der Waals surface area contributed by atoms with Crippen LogP contribution in [0.3, 0.4) is 0 Å². The van der Waals surface area contributed by atoms with E-state index in [-0.39, 0.29) is 18.7 Å². The largest absolute Gasteiger partial charge is 0.492 e. The summed E-state index contributed by atoms with van der Waals surface area (Å²) >= 11 is 0. The Hall–Kier alpha value is -2.96. The number of rotatable bonds is 6. The van der Waals surface area contributed by atoms with Crippen molar-refractivity contribution in [3.8, 4) is 5.75 Å². The van der Waals surface area contributed by atoms with Gasteiger partial charge in [0.2, 0.25) is 5.82 Å². The van der Waals surface area contributed by atoms with Gasteiger partial charge in [0, 0.05) is 11.6 Å². The molecule has 1 N–H and O–H groups in total. The summed E-state index contributed by atoms with van der Waals surface area (Å²) in [5.74, 6) is -0.822. The molecule has 0 heterocycles. The van der Waals surface area contributed by atoms with Crippen molar-refractivity contribution in [2.24, 2.45) is 0 Å². The second-order valence-corrected chi connectivity index (χ2v) is 4.84. The molecule has 0 aromatic heterocycles. The molecule has 0 bridgehead atoms. The number of carbonyl (C=O) groups excluding carboxylic acids is 1. The van der Waals surface area contributed by atoms with Crippen molar-refractivity contribution in [1.82, 2.24) is 5.32 Å². The van der Waals surface area contributed by atoms with E-state index in [4.69, 9.17) is 4.74 Å². The van der Waals surface area contributed by atoms with Crippen LogP contribution in [-0.2, 0) is 0 Å². The van der Waals surface area contributed by atoms with Gasteiger partial charge in [-0.1, -0.05) is 17.7 Å². The highest BCUT2D eigenvalue weighted by Gasteiger charge is 2.17. The number of carbonyl (C=O) groups is 1. The monoisotopic (exact) mass is 318 g/mol. The number of aryl methyl sites for hydroxylation is 1. The molecule has 0 fully saturated rings. The van der Waals surface area contributed by atoms with E-state index in [0.717, 1.165) is 17.7 Å². The molecule has 0 aliphatic rings. The van der Waals surface area contributed by atoms with Crippen LogP contribution in [0.25, 0.3) is 0 Å². The summed E-state index contributed by atoms with van der Waals surface area (Å²) < 4.78 is 18.7. The second-order valence-electron chi connectivity index (χ2n) is 4.84. The third-order valence-corrected chi connectivity index (χ3v) is 3.08. The number of amides is 1. The number of nitrogens with zero attached hydrogens (tertiary/aromatic N) is 1. The number of nitro benzene ring substituents is 1. The molecule has 0 saturated heterocycles. The van der Waals surface area contributed by atoms with Gasteiger partial charge >= 0.3 is 5.69 Å². The van der Waals surface area contributed by atoms with Crippen molar-refractivity contribution in [3.05, 3.63) is 69.5 Å².